The van der Waals surface area contributed by atoms with Crippen LogP contribution in [0.4, 0.5) is 15.2 Å². The minimum absolute atomic E-state index is 0.0155. The van der Waals surface area contributed by atoms with Gasteiger partial charge in [0.1, 0.15) is 16.4 Å². The van der Waals surface area contributed by atoms with Crippen LogP contribution in [0, 0.1) is 5.82 Å². The predicted octanol–water partition coefficient (Wildman–Crippen LogP) is 2.61. The van der Waals surface area contributed by atoms with Crippen molar-refractivity contribution in [2.75, 3.05) is 11.1 Å². The molecule has 0 aliphatic rings. The number of nitrogen functional groups attached to an aromatic ring is 1. The number of hydrogen-bond acceptors (Lipinski definition) is 5. The molecule has 2 rings (SSSR count). The molecule has 0 unspecified atom stereocenters. The van der Waals surface area contributed by atoms with E-state index in [9.17, 15) is 9.18 Å². The summed E-state index contributed by atoms with van der Waals surface area (Å²) in [4.78, 5) is 12.1. The first-order valence-electron chi connectivity index (χ1n) is 6.51. The third kappa shape index (κ3) is 3.91. The van der Waals surface area contributed by atoms with Gasteiger partial charge in [-0.1, -0.05) is 12.1 Å². The van der Waals surface area contributed by atoms with Crippen LogP contribution in [0.3, 0.4) is 0 Å². The van der Waals surface area contributed by atoms with Gasteiger partial charge in [0.2, 0.25) is 0 Å². The van der Waals surface area contributed by atoms with Gasteiger partial charge in [0.15, 0.2) is 5.82 Å². The van der Waals surface area contributed by atoms with Gasteiger partial charge in [-0.15, -0.1) is 0 Å². The molecule has 1 aromatic carbocycles. The van der Waals surface area contributed by atoms with Crippen molar-refractivity contribution >= 4 is 28.3 Å². The number of anilines is 2. The first-order valence-corrected chi connectivity index (χ1v) is 7.29. The van der Waals surface area contributed by atoms with Gasteiger partial charge in [0, 0.05) is 12.6 Å². The molecule has 0 aliphatic carbocycles. The number of nitrogens with one attached hydrogen (secondary N) is 2. The number of nitrogens with two attached hydrogens (primary N) is 1. The van der Waals surface area contributed by atoms with E-state index in [0.29, 0.717) is 17.1 Å². The Balaban J connectivity index is 2.10. The van der Waals surface area contributed by atoms with Gasteiger partial charge in [-0.3, -0.25) is 4.79 Å². The quantitative estimate of drug-likeness (QED) is 0.793. The van der Waals surface area contributed by atoms with E-state index in [1.54, 1.807) is 12.1 Å². The molecule has 21 heavy (non-hydrogen) atoms. The van der Waals surface area contributed by atoms with E-state index in [1.165, 1.54) is 12.1 Å². The summed E-state index contributed by atoms with van der Waals surface area (Å²) in [5.74, 6) is -0.324. The number of rotatable bonds is 5. The molecule has 0 saturated carbocycles. The Bertz CT molecular complexity index is 624. The molecule has 0 fully saturated rings. The predicted molar refractivity (Wildman–Crippen MR) is 82.9 cm³/mol. The van der Waals surface area contributed by atoms with Crippen molar-refractivity contribution in [3.05, 3.63) is 41.2 Å². The highest BCUT2D eigenvalue weighted by molar-refractivity contribution is 7.11. The molecule has 0 spiro atoms. The molecule has 1 heterocycles. The summed E-state index contributed by atoms with van der Waals surface area (Å²) in [6.45, 7) is 4.21. The van der Waals surface area contributed by atoms with Crippen LogP contribution in [0.5, 0.6) is 0 Å². The normalized spacial score (nSPS) is 10.7. The Labute approximate surface area is 126 Å². The fourth-order valence-corrected chi connectivity index (χ4v) is 2.47. The topological polar surface area (TPSA) is 80.0 Å². The van der Waals surface area contributed by atoms with Crippen molar-refractivity contribution < 1.29 is 9.18 Å². The molecule has 1 aromatic heterocycles. The highest BCUT2D eigenvalue weighted by atomic mass is 32.1. The number of halogens is 1. The second kappa shape index (κ2) is 6.53. The van der Waals surface area contributed by atoms with Gasteiger partial charge >= 0.3 is 0 Å². The Kier molecular flexibility index (Phi) is 4.74. The molecule has 7 heteroatoms. The number of aromatic nitrogens is 1. The molecule has 0 saturated heterocycles. The number of nitrogens with zero attached hydrogens (tertiary/aromatic N) is 1. The molecule has 4 N–H and O–H groups in total. The van der Waals surface area contributed by atoms with Gasteiger partial charge in [-0.05, 0) is 43.1 Å². The first-order chi connectivity index (χ1) is 9.97. The zero-order valence-electron chi connectivity index (χ0n) is 11.8. The summed E-state index contributed by atoms with van der Waals surface area (Å²) in [6.07, 6.45) is 0. The maximum Gasteiger partial charge on any atom is 0.258 e. The lowest BCUT2D eigenvalue weighted by Gasteiger charge is -2.10. The molecular weight excluding hydrogens is 291 g/mol. The maximum absolute atomic E-state index is 12.8. The van der Waals surface area contributed by atoms with E-state index in [4.69, 9.17) is 5.73 Å². The standard InChI is InChI=1S/C14H17FN4OS/c1-8(2)18-13(20)11-12(16)19-21-14(11)17-7-9-3-5-10(15)6-4-9/h3-6,8,17H,7H2,1-2H3,(H2,16,19)(H,18,20). The molecular formula is C14H17FN4OS. The van der Waals surface area contributed by atoms with Crippen molar-refractivity contribution in [2.24, 2.45) is 0 Å². The molecule has 0 atom stereocenters. The molecule has 1 amide bonds. The first kappa shape index (κ1) is 15.2. The number of carbonyl (C=O) groups excluding carboxylic acids is 1. The summed E-state index contributed by atoms with van der Waals surface area (Å²) < 4.78 is 16.9. The van der Waals surface area contributed by atoms with Crippen LogP contribution in [0.15, 0.2) is 24.3 Å². The van der Waals surface area contributed by atoms with E-state index in [-0.39, 0.29) is 23.6 Å². The average molecular weight is 308 g/mol. The van der Waals surface area contributed by atoms with Gasteiger partial charge in [-0.2, -0.15) is 4.37 Å². The third-order valence-electron chi connectivity index (χ3n) is 2.73. The zero-order chi connectivity index (χ0) is 15.4. The van der Waals surface area contributed by atoms with Crippen molar-refractivity contribution in [2.45, 2.75) is 26.4 Å². The smallest absolute Gasteiger partial charge is 0.258 e. The minimum atomic E-state index is -0.280. The Morgan fingerprint density at radius 2 is 2.05 bits per heavy atom. The van der Waals surface area contributed by atoms with Crippen LogP contribution in [0.1, 0.15) is 29.8 Å². The largest absolute Gasteiger partial charge is 0.382 e. The van der Waals surface area contributed by atoms with Gasteiger partial charge in [-0.25, -0.2) is 4.39 Å². The maximum atomic E-state index is 12.8. The fourth-order valence-electron chi connectivity index (χ4n) is 1.76. The van der Waals surface area contributed by atoms with Gasteiger partial charge < -0.3 is 16.4 Å². The lowest BCUT2D eigenvalue weighted by molar-refractivity contribution is 0.0945. The Hall–Kier alpha value is -2.15. The van der Waals surface area contributed by atoms with Crippen LogP contribution in [0.25, 0.3) is 0 Å². The van der Waals surface area contributed by atoms with E-state index < -0.39 is 0 Å². The summed E-state index contributed by atoms with van der Waals surface area (Å²) in [5, 5.41) is 6.51. The lowest BCUT2D eigenvalue weighted by Crippen LogP contribution is -2.30. The van der Waals surface area contributed by atoms with E-state index >= 15 is 0 Å². The Morgan fingerprint density at radius 1 is 1.38 bits per heavy atom. The van der Waals surface area contributed by atoms with Crippen LogP contribution in [-0.2, 0) is 6.54 Å². The summed E-state index contributed by atoms with van der Waals surface area (Å²) in [6, 6.07) is 6.16. The molecule has 0 radical (unpaired) electrons. The van der Waals surface area contributed by atoms with Crippen molar-refractivity contribution in [3.8, 4) is 0 Å². The number of amides is 1. The van der Waals surface area contributed by atoms with Crippen molar-refractivity contribution in [1.29, 1.82) is 0 Å². The second-order valence-electron chi connectivity index (χ2n) is 4.88. The number of carbonyl (C=O) groups is 1. The Morgan fingerprint density at radius 3 is 2.67 bits per heavy atom. The van der Waals surface area contributed by atoms with Gasteiger partial charge in [0.05, 0.1) is 0 Å². The highest BCUT2D eigenvalue weighted by Gasteiger charge is 2.19. The van der Waals surface area contributed by atoms with Crippen LogP contribution in [-0.4, -0.2) is 16.3 Å². The third-order valence-corrected chi connectivity index (χ3v) is 3.55. The van der Waals surface area contributed by atoms with Crippen LogP contribution >= 0.6 is 11.5 Å². The number of hydrogen-bond donors (Lipinski definition) is 3. The van der Waals surface area contributed by atoms with E-state index in [2.05, 4.69) is 15.0 Å². The van der Waals surface area contributed by atoms with E-state index in [0.717, 1.165) is 17.1 Å². The zero-order valence-corrected chi connectivity index (χ0v) is 12.6. The summed E-state index contributed by atoms with van der Waals surface area (Å²) in [7, 11) is 0. The second-order valence-corrected chi connectivity index (χ2v) is 5.65. The molecule has 112 valence electrons. The summed E-state index contributed by atoms with van der Waals surface area (Å²) in [5.41, 5.74) is 7.01. The van der Waals surface area contributed by atoms with Crippen molar-refractivity contribution in [1.82, 2.24) is 9.69 Å². The van der Waals surface area contributed by atoms with Crippen LogP contribution in [0.2, 0.25) is 0 Å². The molecule has 2 aromatic rings. The monoisotopic (exact) mass is 308 g/mol. The average Bonchev–Trinajstić information content (AvgIpc) is 2.78. The molecule has 5 nitrogen and oxygen atoms in total. The van der Waals surface area contributed by atoms with Crippen LogP contribution < -0.4 is 16.4 Å². The number of benzene rings is 1. The summed E-state index contributed by atoms with van der Waals surface area (Å²) >= 11 is 1.13. The minimum Gasteiger partial charge on any atom is -0.382 e. The van der Waals surface area contributed by atoms with E-state index in [1.807, 2.05) is 13.8 Å². The molecule has 0 bridgehead atoms. The fraction of sp³-hybridized carbons (Fsp3) is 0.286. The van der Waals surface area contributed by atoms with Gasteiger partial charge in [0.25, 0.3) is 5.91 Å². The highest BCUT2D eigenvalue weighted by Crippen LogP contribution is 2.27. The molecule has 0 aliphatic heterocycles. The SMILES string of the molecule is CC(C)NC(=O)c1c(N)nsc1NCc1ccc(F)cc1. The lowest BCUT2D eigenvalue weighted by atomic mass is 10.2. The van der Waals surface area contributed by atoms with Crippen molar-refractivity contribution in [3.63, 3.8) is 0 Å².